The molecule has 0 atom stereocenters. The third-order valence-corrected chi connectivity index (χ3v) is 6.04. The van der Waals surface area contributed by atoms with Crippen molar-refractivity contribution in [3.63, 3.8) is 0 Å². The summed E-state index contributed by atoms with van der Waals surface area (Å²) in [6.45, 7) is 6.50. The Morgan fingerprint density at radius 3 is 2.66 bits per heavy atom. The Morgan fingerprint density at radius 1 is 1.16 bits per heavy atom. The van der Waals surface area contributed by atoms with E-state index in [0.29, 0.717) is 28.6 Å². The number of aryl methyl sites for hydroxylation is 1. The maximum absolute atomic E-state index is 12.7. The van der Waals surface area contributed by atoms with Crippen molar-refractivity contribution in [1.82, 2.24) is 10.2 Å². The number of methoxy groups -OCH3 is 1. The van der Waals surface area contributed by atoms with Crippen LogP contribution in [0.1, 0.15) is 34.0 Å². The lowest BCUT2D eigenvalue weighted by Crippen LogP contribution is -2.37. The van der Waals surface area contributed by atoms with Crippen molar-refractivity contribution in [2.24, 2.45) is 0 Å². The predicted molar refractivity (Wildman–Crippen MR) is 125 cm³/mol. The number of carbonyl (C=O) groups is 3. The van der Waals surface area contributed by atoms with Gasteiger partial charge in [-0.2, -0.15) is 0 Å². The van der Waals surface area contributed by atoms with E-state index in [1.807, 2.05) is 32.9 Å². The van der Waals surface area contributed by atoms with Gasteiger partial charge in [-0.1, -0.05) is 18.2 Å². The number of ether oxygens (including phenoxy) is 2. The summed E-state index contributed by atoms with van der Waals surface area (Å²) in [6, 6.07) is 10.8. The van der Waals surface area contributed by atoms with E-state index < -0.39 is 0 Å². The van der Waals surface area contributed by atoms with Crippen LogP contribution in [0.3, 0.4) is 0 Å². The average Bonchev–Trinajstić information content (AvgIpc) is 3.04. The standard InChI is InChI=1S/C24H26N2O5S/c1-5-31-19-10-9-17(13-20(19)30-4)14-21-23(28)26(24(29)32-21)12-11-25-22(27)18-8-6-7-15(2)16(18)3/h6-10,13-14H,5,11-12H2,1-4H3,(H,25,27)/b21-14-. The van der Waals surface area contributed by atoms with Crippen LogP contribution in [-0.4, -0.2) is 48.8 Å². The highest BCUT2D eigenvalue weighted by Crippen LogP contribution is 2.34. The Balaban J connectivity index is 1.64. The van der Waals surface area contributed by atoms with Crippen LogP contribution in [-0.2, 0) is 4.79 Å². The summed E-state index contributed by atoms with van der Waals surface area (Å²) in [5, 5.41) is 2.43. The molecule has 0 aliphatic carbocycles. The van der Waals surface area contributed by atoms with E-state index in [9.17, 15) is 14.4 Å². The van der Waals surface area contributed by atoms with Gasteiger partial charge in [0.1, 0.15) is 0 Å². The highest BCUT2D eigenvalue weighted by atomic mass is 32.2. The summed E-state index contributed by atoms with van der Waals surface area (Å²) in [4.78, 5) is 39.0. The third-order valence-electron chi connectivity index (χ3n) is 5.13. The van der Waals surface area contributed by atoms with E-state index in [1.54, 1.807) is 37.5 Å². The molecule has 168 valence electrons. The smallest absolute Gasteiger partial charge is 0.293 e. The zero-order valence-electron chi connectivity index (χ0n) is 18.6. The molecule has 1 heterocycles. The van der Waals surface area contributed by atoms with E-state index in [-0.39, 0.29) is 30.1 Å². The summed E-state index contributed by atoms with van der Waals surface area (Å²) in [6.07, 6.45) is 1.65. The second kappa shape index (κ2) is 10.4. The molecule has 1 aliphatic rings. The molecule has 0 aromatic heterocycles. The number of thioether (sulfide) groups is 1. The fourth-order valence-electron chi connectivity index (χ4n) is 3.27. The molecular formula is C24H26N2O5S. The Bertz CT molecular complexity index is 1080. The van der Waals surface area contributed by atoms with Gasteiger partial charge in [-0.05, 0) is 73.5 Å². The first-order valence-corrected chi connectivity index (χ1v) is 11.1. The molecule has 7 nitrogen and oxygen atoms in total. The molecule has 1 aliphatic heterocycles. The summed E-state index contributed by atoms with van der Waals surface area (Å²) in [7, 11) is 1.54. The summed E-state index contributed by atoms with van der Waals surface area (Å²) in [5.74, 6) is 0.554. The van der Waals surface area contributed by atoms with Crippen LogP contribution in [0.2, 0.25) is 0 Å². The van der Waals surface area contributed by atoms with Crippen LogP contribution in [0, 0.1) is 13.8 Å². The summed E-state index contributed by atoms with van der Waals surface area (Å²) in [5.41, 5.74) is 3.24. The number of rotatable bonds is 8. The Hall–Kier alpha value is -3.26. The number of nitrogens with one attached hydrogen (secondary N) is 1. The van der Waals surface area contributed by atoms with Gasteiger partial charge in [-0.15, -0.1) is 0 Å². The van der Waals surface area contributed by atoms with Gasteiger partial charge in [0.25, 0.3) is 17.1 Å². The van der Waals surface area contributed by atoms with Crippen LogP contribution in [0.4, 0.5) is 4.79 Å². The Labute approximate surface area is 191 Å². The maximum Gasteiger partial charge on any atom is 0.293 e. The van der Waals surface area contributed by atoms with Gasteiger partial charge in [-0.3, -0.25) is 19.3 Å². The molecular weight excluding hydrogens is 428 g/mol. The number of hydrogen-bond donors (Lipinski definition) is 1. The fraction of sp³-hybridized carbons (Fsp3) is 0.292. The minimum atomic E-state index is -0.381. The van der Waals surface area contributed by atoms with Crippen molar-refractivity contribution < 1.29 is 23.9 Å². The first-order valence-electron chi connectivity index (χ1n) is 10.3. The molecule has 3 amide bonds. The van der Waals surface area contributed by atoms with Crippen LogP contribution in [0.25, 0.3) is 6.08 Å². The second-order valence-corrected chi connectivity index (χ2v) is 8.17. The van der Waals surface area contributed by atoms with Gasteiger partial charge >= 0.3 is 0 Å². The van der Waals surface area contributed by atoms with Crippen LogP contribution >= 0.6 is 11.8 Å². The van der Waals surface area contributed by atoms with Crippen molar-refractivity contribution in [2.75, 3.05) is 26.8 Å². The predicted octanol–water partition coefficient (Wildman–Crippen LogP) is 4.18. The van der Waals surface area contributed by atoms with E-state index in [2.05, 4.69) is 5.32 Å². The fourth-order valence-corrected chi connectivity index (χ4v) is 4.13. The van der Waals surface area contributed by atoms with E-state index in [4.69, 9.17) is 9.47 Å². The summed E-state index contributed by atoms with van der Waals surface area (Å²) >= 11 is 0.878. The number of carbonyl (C=O) groups excluding carboxylic acids is 3. The van der Waals surface area contributed by atoms with Gasteiger partial charge in [0.05, 0.1) is 18.6 Å². The lowest BCUT2D eigenvalue weighted by Gasteiger charge is -2.14. The normalized spacial score (nSPS) is 14.8. The number of hydrogen-bond acceptors (Lipinski definition) is 6. The SMILES string of the molecule is CCOc1ccc(/C=C2\SC(=O)N(CCNC(=O)c3cccc(C)c3C)C2=O)cc1OC. The van der Waals surface area contributed by atoms with Crippen molar-refractivity contribution in [3.8, 4) is 11.5 Å². The first-order chi connectivity index (χ1) is 15.3. The van der Waals surface area contributed by atoms with Crippen molar-refractivity contribution in [2.45, 2.75) is 20.8 Å². The number of benzene rings is 2. The second-order valence-electron chi connectivity index (χ2n) is 7.18. The van der Waals surface area contributed by atoms with Gasteiger partial charge in [-0.25, -0.2) is 0 Å². The molecule has 32 heavy (non-hydrogen) atoms. The first kappa shape index (κ1) is 23.4. The molecule has 0 saturated carbocycles. The Morgan fingerprint density at radius 2 is 1.94 bits per heavy atom. The minimum Gasteiger partial charge on any atom is -0.493 e. The molecule has 3 rings (SSSR count). The molecule has 0 bridgehead atoms. The van der Waals surface area contributed by atoms with Gasteiger partial charge in [0, 0.05) is 18.7 Å². The number of imide groups is 1. The molecule has 2 aromatic rings. The monoisotopic (exact) mass is 454 g/mol. The lowest BCUT2D eigenvalue weighted by molar-refractivity contribution is -0.122. The zero-order valence-corrected chi connectivity index (χ0v) is 19.4. The maximum atomic E-state index is 12.7. The van der Waals surface area contributed by atoms with Crippen LogP contribution < -0.4 is 14.8 Å². The minimum absolute atomic E-state index is 0.102. The molecule has 1 saturated heterocycles. The van der Waals surface area contributed by atoms with Crippen molar-refractivity contribution in [3.05, 3.63) is 63.6 Å². The van der Waals surface area contributed by atoms with Crippen LogP contribution in [0.15, 0.2) is 41.3 Å². The van der Waals surface area contributed by atoms with Crippen molar-refractivity contribution in [1.29, 1.82) is 0 Å². The molecule has 0 unspecified atom stereocenters. The van der Waals surface area contributed by atoms with Gasteiger partial charge < -0.3 is 14.8 Å². The largest absolute Gasteiger partial charge is 0.493 e. The highest BCUT2D eigenvalue weighted by Gasteiger charge is 2.34. The van der Waals surface area contributed by atoms with E-state index in [1.165, 1.54) is 0 Å². The zero-order chi connectivity index (χ0) is 23.3. The molecule has 0 radical (unpaired) electrons. The molecule has 8 heteroatoms. The highest BCUT2D eigenvalue weighted by molar-refractivity contribution is 8.18. The number of amides is 3. The topological polar surface area (TPSA) is 84.9 Å². The van der Waals surface area contributed by atoms with E-state index in [0.717, 1.165) is 33.4 Å². The van der Waals surface area contributed by atoms with Gasteiger partial charge in [0.2, 0.25) is 0 Å². The van der Waals surface area contributed by atoms with Crippen molar-refractivity contribution >= 4 is 34.9 Å². The number of nitrogens with zero attached hydrogens (tertiary/aromatic N) is 1. The quantitative estimate of drug-likeness (QED) is 0.603. The summed E-state index contributed by atoms with van der Waals surface area (Å²) < 4.78 is 10.8. The molecule has 0 spiro atoms. The lowest BCUT2D eigenvalue weighted by atomic mass is 10.0. The molecule has 1 fully saturated rings. The van der Waals surface area contributed by atoms with E-state index >= 15 is 0 Å². The molecule has 2 aromatic carbocycles. The average molecular weight is 455 g/mol. The third kappa shape index (κ3) is 5.13. The van der Waals surface area contributed by atoms with Gasteiger partial charge in [0.15, 0.2) is 11.5 Å². The Kier molecular flexibility index (Phi) is 7.58. The van der Waals surface area contributed by atoms with Crippen LogP contribution in [0.5, 0.6) is 11.5 Å². The molecule has 1 N–H and O–H groups in total.